The highest BCUT2D eigenvalue weighted by atomic mass is 16.5. The Morgan fingerprint density at radius 1 is 1.00 bits per heavy atom. The number of hydrogen-bond acceptors (Lipinski definition) is 2. The molecule has 2 N–H and O–H groups in total. The van der Waals surface area contributed by atoms with Gasteiger partial charge in [-0.25, -0.2) is 4.79 Å². The molecule has 0 aliphatic heterocycles. The number of urea groups is 1. The van der Waals surface area contributed by atoms with Crippen molar-refractivity contribution < 1.29 is 9.53 Å². The third kappa shape index (κ3) is 4.74. The molecule has 1 unspecified atom stereocenters. The number of carbonyl (C=O) groups is 1. The fourth-order valence-corrected chi connectivity index (χ4v) is 2.39. The lowest BCUT2D eigenvalue weighted by Gasteiger charge is -2.23. The highest BCUT2D eigenvalue weighted by molar-refractivity contribution is 5.89. The minimum Gasteiger partial charge on any atom is -0.497 e. The molecular formula is C19H24N2O2. The number of amides is 2. The lowest BCUT2D eigenvalue weighted by Crippen LogP contribution is -2.35. The van der Waals surface area contributed by atoms with E-state index in [2.05, 4.69) is 24.5 Å². The summed E-state index contributed by atoms with van der Waals surface area (Å²) in [5.41, 5.74) is 3.00. The van der Waals surface area contributed by atoms with Crippen LogP contribution in [0.1, 0.15) is 31.0 Å². The molecule has 0 aliphatic carbocycles. The third-order valence-electron chi connectivity index (χ3n) is 3.74. The Balaban J connectivity index is 2.06. The molecule has 0 bridgehead atoms. The smallest absolute Gasteiger partial charge is 0.319 e. The van der Waals surface area contributed by atoms with Gasteiger partial charge in [0.2, 0.25) is 0 Å². The first-order valence-corrected chi connectivity index (χ1v) is 7.77. The molecular weight excluding hydrogens is 288 g/mol. The van der Waals surface area contributed by atoms with Crippen LogP contribution in [0, 0.1) is 12.8 Å². The molecule has 0 saturated heterocycles. The fourth-order valence-electron chi connectivity index (χ4n) is 2.39. The van der Waals surface area contributed by atoms with E-state index in [1.807, 2.05) is 55.5 Å². The van der Waals surface area contributed by atoms with E-state index in [1.165, 1.54) is 0 Å². The molecule has 122 valence electrons. The number of carbonyl (C=O) groups excluding carboxylic acids is 1. The summed E-state index contributed by atoms with van der Waals surface area (Å²) >= 11 is 0. The number of methoxy groups -OCH3 is 1. The Labute approximate surface area is 137 Å². The number of ether oxygens (including phenoxy) is 1. The summed E-state index contributed by atoms with van der Waals surface area (Å²) in [6.07, 6.45) is 0. The van der Waals surface area contributed by atoms with E-state index in [4.69, 9.17) is 4.74 Å². The van der Waals surface area contributed by atoms with E-state index in [1.54, 1.807) is 7.11 Å². The molecule has 23 heavy (non-hydrogen) atoms. The van der Waals surface area contributed by atoms with E-state index in [9.17, 15) is 4.79 Å². The maximum atomic E-state index is 12.3. The zero-order valence-electron chi connectivity index (χ0n) is 14.1. The van der Waals surface area contributed by atoms with Crippen molar-refractivity contribution in [2.45, 2.75) is 26.8 Å². The average molecular weight is 312 g/mol. The molecule has 0 fully saturated rings. The number of aryl methyl sites for hydroxylation is 1. The van der Waals surface area contributed by atoms with Crippen molar-refractivity contribution in [1.82, 2.24) is 5.32 Å². The molecule has 2 amide bonds. The average Bonchev–Trinajstić information content (AvgIpc) is 2.55. The highest BCUT2D eigenvalue weighted by Crippen LogP contribution is 2.24. The fraction of sp³-hybridized carbons (Fsp3) is 0.316. The maximum absolute atomic E-state index is 12.3. The Hall–Kier alpha value is -2.49. The number of hydrogen-bond donors (Lipinski definition) is 2. The standard InChI is InChI=1S/C19H24N2O2/c1-13(2)18(15-7-11-17(23-4)12-8-15)21-19(22)20-16-9-5-14(3)6-10-16/h5-13,18H,1-4H3,(H2,20,21,22). The van der Waals surface area contributed by atoms with Gasteiger partial charge in [-0.2, -0.15) is 0 Å². The van der Waals surface area contributed by atoms with Gasteiger partial charge in [0, 0.05) is 5.69 Å². The summed E-state index contributed by atoms with van der Waals surface area (Å²) in [5, 5.41) is 5.91. The SMILES string of the molecule is COc1ccc(C(NC(=O)Nc2ccc(C)cc2)C(C)C)cc1. The van der Waals surface area contributed by atoms with Crippen LogP contribution >= 0.6 is 0 Å². The number of rotatable bonds is 5. The van der Waals surface area contributed by atoms with Crippen LogP contribution in [0.25, 0.3) is 0 Å². The van der Waals surface area contributed by atoms with E-state index < -0.39 is 0 Å². The first kappa shape index (κ1) is 16.9. The Morgan fingerprint density at radius 3 is 2.13 bits per heavy atom. The van der Waals surface area contributed by atoms with Crippen LogP contribution < -0.4 is 15.4 Å². The van der Waals surface area contributed by atoms with Gasteiger partial charge >= 0.3 is 6.03 Å². The predicted octanol–water partition coefficient (Wildman–Crippen LogP) is 4.52. The summed E-state index contributed by atoms with van der Waals surface area (Å²) < 4.78 is 5.18. The third-order valence-corrected chi connectivity index (χ3v) is 3.74. The molecule has 2 aromatic rings. The quantitative estimate of drug-likeness (QED) is 0.852. The largest absolute Gasteiger partial charge is 0.497 e. The van der Waals surface area contributed by atoms with Crippen molar-refractivity contribution >= 4 is 11.7 Å². The van der Waals surface area contributed by atoms with Gasteiger partial charge in [-0.15, -0.1) is 0 Å². The van der Waals surface area contributed by atoms with E-state index in [0.29, 0.717) is 0 Å². The zero-order chi connectivity index (χ0) is 16.8. The minimum absolute atomic E-state index is 0.0636. The molecule has 2 rings (SSSR count). The molecule has 0 saturated carbocycles. The molecule has 0 aromatic heterocycles. The normalized spacial score (nSPS) is 11.9. The summed E-state index contributed by atoms with van der Waals surface area (Å²) in [6, 6.07) is 15.2. The molecule has 2 aromatic carbocycles. The zero-order valence-corrected chi connectivity index (χ0v) is 14.1. The summed E-state index contributed by atoms with van der Waals surface area (Å²) in [5.74, 6) is 1.08. The number of anilines is 1. The first-order valence-electron chi connectivity index (χ1n) is 7.77. The van der Waals surface area contributed by atoms with Crippen LogP contribution in [0.2, 0.25) is 0 Å². The van der Waals surface area contributed by atoms with E-state index in [0.717, 1.165) is 22.6 Å². The topological polar surface area (TPSA) is 50.4 Å². The van der Waals surface area contributed by atoms with Gasteiger partial charge in [0.25, 0.3) is 0 Å². The van der Waals surface area contributed by atoms with Gasteiger partial charge in [0.15, 0.2) is 0 Å². The summed E-state index contributed by atoms with van der Waals surface area (Å²) in [7, 11) is 1.64. The Kier molecular flexibility index (Phi) is 5.63. The molecule has 1 atom stereocenters. The van der Waals surface area contributed by atoms with Crippen LogP contribution in [0.15, 0.2) is 48.5 Å². The van der Waals surface area contributed by atoms with Crippen LogP contribution in [0.4, 0.5) is 10.5 Å². The van der Waals surface area contributed by atoms with Gasteiger partial charge < -0.3 is 15.4 Å². The van der Waals surface area contributed by atoms with Crippen LogP contribution in [0.5, 0.6) is 5.75 Å². The van der Waals surface area contributed by atoms with Crippen LogP contribution in [-0.2, 0) is 0 Å². The van der Waals surface area contributed by atoms with Gasteiger partial charge in [-0.05, 0) is 42.7 Å². The lowest BCUT2D eigenvalue weighted by atomic mass is 9.96. The molecule has 0 heterocycles. The predicted molar refractivity (Wildman–Crippen MR) is 93.9 cm³/mol. The van der Waals surface area contributed by atoms with Crippen molar-refractivity contribution in [3.63, 3.8) is 0 Å². The number of benzene rings is 2. The molecule has 4 heteroatoms. The van der Waals surface area contributed by atoms with Gasteiger partial charge in [0.05, 0.1) is 13.2 Å². The summed E-state index contributed by atoms with van der Waals surface area (Å²) in [6.45, 7) is 6.18. The molecule has 0 spiro atoms. The van der Waals surface area contributed by atoms with Crippen molar-refractivity contribution in [1.29, 1.82) is 0 Å². The van der Waals surface area contributed by atoms with Gasteiger partial charge in [-0.1, -0.05) is 43.7 Å². The van der Waals surface area contributed by atoms with Crippen LogP contribution in [0.3, 0.4) is 0 Å². The van der Waals surface area contributed by atoms with Crippen molar-refractivity contribution in [2.24, 2.45) is 5.92 Å². The van der Waals surface area contributed by atoms with Crippen molar-refractivity contribution in [3.8, 4) is 5.75 Å². The van der Waals surface area contributed by atoms with Crippen molar-refractivity contribution in [3.05, 3.63) is 59.7 Å². The molecule has 0 aliphatic rings. The second-order valence-electron chi connectivity index (χ2n) is 5.96. The van der Waals surface area contributed by atoms with E-state index >= 15 is 0 Å². The number of nitrogens with one attached hydrogen (secondary N) is 2. The Morgan fingerprint density at radius 2 is 1.61 bits per heavy atom. The molecule has 4 nitrogen and oxygen atoms in total. The monoisotopic (exact) mass is 312 g/mol. The second kappa shape index (κ2) is 7.68. The minimum atomic E-state index is -0.205. The highest BCUT2D eigenvalue weighted by Gasteiger charge is 2.18. The van der Waals surface area contributed by atoms with E-state index in [-0.39, 0.29) is 18.0 Å². The maximum Gasteiger partial charge on any atom is 0.319 e. The molecule has 0 radical (unpaired) electrons. The van der Waals surface area contributed by atoms with Crippen LogP contribution in [-0.4, -0.2) is 13.1 Å². The lowest BCUT2D eigenvalue weighted by molar-refractivity contribution is 0.244. The van der Waals surface area contributed by atoms with Gasteiger partial charge in [-0.3, -0.25) is 0 Å². The summed E-state index contributed by atoms with van der Waals surface area (Å²) in [4.78, 5) is 12.3. The van der Waals surface area contributed by atoms with Crippen molar-refractivity contribution in [2.75, 3.05) is 12.4 Å². The Bertz CT molecular complexity index is 633. The van der Waals surface area contributed by atoms with Gasteiger partial charge in [0.1, 0.15) is 5.75 Å². The second-order valence-corrected chi connectivity index (χ2v) is 5.96. The first-order chi connectivity index (χ1) is 11.0.